The number of amides is 3. The van der Waals surface area contributed by atoms with Gasteiger partial charge in [-0.3, -0.25) is 19.4 Å². The van der Waals surface area contributed by atoms with Crippen LogP contribution in [-0.4, -0.2) is 39.3 Å². The van der Waals surface area contributed by atoms with E-state index >= 15 is 0 Å². The maximum absolute atomic E-state index is 12.3. The number of carbonyl (C=O) groups is 4. The van der Waals surface area contributed by atoms with Crippen LogP contribution < -0.4 is 5.32 Å². The standard InChI is InChI=1S/C15H17N3O5/c1-3-15(2,17-13(21)10-5-4-8-16-9-10)14(22)23-18-11(19)6-7-12(18)20/h4-5,8-9H,3,6-7H2,1-2H3,(H,17,21). The average Bonchev–Trinajstić information content (AvgIpc) is 2.87. The monoisotopic (exact) mass is 319 g/mol. The van der Waals surface area contributed by atoms with Gasteiger partial charge >= 0.3 is 5.97 Å². The molecule has 1 saturated heterocycles. The highest BCUT2D eigenvalue weighted by Gasteiger charge is 2.40. The minimum absolute atomic E-state index is 0.0109. The van der Waals surface area contributed by atoms with Crippen molar-refractivity contribution in [2.45, 2.75) is 38.6 Å². The Balaban J connectivity index is 2.10. The first kappa shape index (κ1) is 16.6. The molecular weight excluding hydrogens is 302 g/mol. The number of aromatic nitrogens is 1. The third kappa shape index (κ3) is 3.53. The Bertz CT molecular complexity index is 630. The van der Waals surface area contributed by atoms with Crippen molar-refractivity contribution in [3.8, 4) is 0 Å². The molecule has 2 rings (SSSR count). The van der Waals surface area contributed by atoms with Crippen molar-refractivity contribution in [3.05, 3.63) is 30.1 Å². The zero-order chi connectivity index (χ0) is 17.0. The van der Waals surface area contributed by atoms with E-state index in [1.807, 2.05) is 0 Å². The van der Waals surface area contributed by atoms with Gasteiger partial charge in [0, 0.05) is 25.2 Å². The number of carbonyl (C=O) groups excluding carboxylic acids is 4. The topological polar surface area (TPSA) is 106 Å². The number of hydrogen-bond donors (Lipinski definition) is 1. The lowest BCUT2D eigenvalue weighted by molar-refractivity contribution is -0.201. The van der Waals surface area contributed by atoms with E-state index in [0.29, 0.717) is 5.06 Å². The largest absolute Gasteiger partial charge is 0.358 e. The second kappa shape index (κ2) is 6.55. The summed E-state index contributed by atoms with van der Waals surface area (Å²) >= 11 is 0. The van der Waals surface area contributed by atoms with Crippen molar-refractivity contribution < 1.29 is 24.0 Å². The highest BCUT2D eigenvalue weighted by molar-refractivity contribution is 6.02. The Morgan fingerprint density at radius 3 is 2.52 bits per heavy atom. The van der Waals surface area contributed by atoms with E-state index in [1.165, 1.54) is 19.3 Å². The summed E-state index contributed by atoms with van der Waals surface area (Å²) in [7, 11) is 0. The highest BCUT2D eigenvalue weighted by Crippen LogP contribution is 2.18. The van der Waals surface area contributed by atoms with Gasteiger partial charge in [0.25, 0.3) is 17.7 Å². The summed E-state index contributed by atoms with van der Waals surface area (Å²) < 4.78 is 0. The summed E-state index contributed by atoms with van der Waals surface area (Å²) in [6.45, 7) is 3.15. The molecule has 1 atom stereocenters. The van der Waals surface area contributed by atoms with Gasteiger partial charge in [0.05, 0.1) is 5.56 Å². The van der Waals surface area contributed by atoms with Crippen LogP contribution in [0.15, 0.2) is 24.5 Å². The SMILES string of the molecule is CCC(C)(NC(=O)c1cccnc1)C(=O)ON1C(=O)CCC1=O. The van der Waals surface area contributed by atoms with Crippen molar-refractivity contribution in [3.63, 3.8) is 0 Å². The number of rotatable bonds is 5. The zero-order valence-corrected chi connectivity index (χ0v) is 12.9. The molecule has 1 N–H and O–H groups in total. The Morgan fingerprint density at radius 1 is 1.35 bits per heavy atom. The number of nitrogens with zero attached hydrogens (tertiary/aromatic N) is 2. The van der Waals surface area contributed by atoms with Crippen molar-refractivity contribution >= 4 is 23.7 Å². The van der Waals surface area contributed by atoms with Crippen molar-refractivity contribution in [2.24, 2.45) is 0 Å². The van der Waals surface area contributed by atoms with Crippen LogP contribution in [0.1, 0.15) is 43.5 Å². The quantitative estimate of drug-likeness (QED) is 0.796. The third-order valence-corrected chi connectivity index (χ3v) is 3.65. The van der Waals surface area contributed by atoms with Gasteiger partial charge in [-0.1, -0.05) is 6.92 Å². The number of hydroxylamine groups is 2. The van der Waals surface area contributed by atoms with Crippen LogP contribution in [0.5, 0.6) is 0 Å². The first-order chi connectivity index (χ1) is 10.9. The maximum Gasteiger partial charge on any atom is 0.358 e. The highest BCUT2D eigenvalue weighted by atomic mass is 16.7. The van der Waals surface area contributed by atoms with Gasteiger partial charge in [-0.05, 0) is 25.5 Å². The van der Waals surface area contributed by atoms with Crippen molar-refractivity contribution in [2.75, 3.05) is 0 Å². The molecule has 0 aromatic carbocycles. The first-order valence-corrected chi connectivity index (χ1v) is 7.18. The van der Waals surface area contributed by atoms with Crippen LogP contribution in [-0.2, 0) is 19.2 Å². The molecule has 3 amide bonds. The van der Waals surface area contributed by atoms with Crippen molar-refractivity contribution in [1.29, 1.82) is 0 Å². The van der Waals surface area contributed by atoms with E-state index in [1.54, 1.807) is 19.1 Å². The van der Waals surface area contributed by atoms with Gasteiger partial charge in [-0.2, -0.15) is 0 Å². The van der Waals surface area contributed by atoms with Crippen LogP contribution in [0.2, 0.25) is 0 Å². The van der Waals surface area contributed by atoms with Crippen LogP contribution in [0.25, 0.3) is 0 Å². The molecule has 1 aliphatic rings. The van der Waals surface area contributed by atoms with Gasteiger partial charge in [0.1, 0.15) is 5.54 Å². The van der Waals surface area contributed by atoms with Gasteiger partial charge in [-0.25, -0.2) is 4.79 Å². The van der Waals surface area contributed by atoms with E-state index in [2.05, 4.69) is 10.3 Å². The van der Waals surface area contributed by atoms with Crippen LogP contribution in [0, 0.1) is 0 Å². The van der Waals surface area contributed by atoms with E-state index in [0.717, 1.165) is 0 Å². The Labute approximate surface area is 132 Å². The lowest BCUT2D eigenvalue weighted by Crippen LogP contribution is -2.54. The predicted octanol–water partition coefficient (Wildman–Crippen LogP) is 0.587. The molecule has 0 aliphatic carbocycles. The van der Waals surface area contributed by atoms with E-state index in [9.17, 15) is 19.2 Å². The van der Waals surface area contributed by atoms with E-state index in [4.69, 9.17) is 4.84 Å². The first-order valence-electron chi connectivity index (χ1n) is 7.18. The molecule has 1 aromatic heterocycles. The molecule has 0 radical (unpaired) electrons. The number of nitrogens with one attached hydrogen (secondary N) is 1. The molecule has 2 heterocycles. The minimum Gasteiger partial charge on any atom is -0.336 e. The third-order valence-electron chi connectivity index (χ3n) is 3.65. The molecule has 1 fully saturated rings. The fourth-order valence-corrected chi connectivity index (χ4v) is 1.95. The molecule has 0 spiro atoms. The molecule has 1 aromatic rings. The smallest absolute Gasteiger partial charge is 0.336 e. The Kier molecular flexibility index (Phi) is 4.73. The summed E-state index contributed by atoms with van der Waals surface area (Å²) in [6, 6.07) is 3.15. The summed E-state index contributed by atoms with van der Waals surface area (Å²) in [6.07, 6.45) is 3.13. The minimum atomic E-state index is -1.38. The molecule has 1 unspecified atom stereocenters. The van der Waals surface area contributed by atoms with Crippen molar-refractivity contribution in [1.82, 2.24) is 15.4 Å². The van der Waals surface area contributed by atoms with Gasteiger partial charge in [0.15, 0.2) is 0 Å². The Morgan fingerprint density at radius 2 is 2.00 bits per heavy atom. The summed E-state index contributed by atoms with van der Waals surface area (Å²) in [5.74, 6) is -2.51. The maximum atomic E-state index is 12.3. The fourth-order valence-electron chi connectivity index (χ4n) is 1.95. The molecule has 122 valence electrons. The molecule has 8 nitrogen and oxygen atoms in total. The van der Waals surface area contributed by atoms with Crippen LogP contribution in [0.4, 0.5) is 0 Å². The summed E-state index contributed by atoms with van der Waals surface area (Å²) in [4.78, 5) is 56.2. The van der Waals surface area contributed by atoms with Crippen LogP contribution >= 0.6 is 0 Å². The number of hydrogen-bond acceptors (Lipinski definition) is 6. The average molecular weight is 319 g/mol. The van der Waals surface area contributed by atoms with Gasteiger partial charge in [0.2, 0.25) is 0 Å². The molecule has 0 bridgehead atoms. The lowest BCUT2D eigenvalue weighted by atomic mass is 9.98. The predicted molar refractivity (Wildman–Crippen MR) is 77.6 cm³/mol. The summed E-state index contributed by atoms with van der Waals surface area (Å²) in [5.41, 5.74) is -1.09. The fraction of sp³-hybridized carbons (Fsp3) is 0.400. The molecule has 23 heavy (non-hydrogen) atoms. The zero-order valence-electron chi connectivity index (χ0n) is 12.9. The Hall–Kier alpha value is -2.77. The van der Waals surface area contributed by atoms with E-state index in [-0.39, 0.29) is 24.8 Å². The second-order valence-corrected chi connectivity index (χ2v) is 5.34. The van der Waals surface area contributed by atoms with Gasteiger partial charge < -0.3 is 10.2 Å². The van der Waals surface area contributed by atoms with Crippen LogP contribution in [0.3, 0.4) is 0 Å². The molecule has 8 heteroatoms. The number of imide groups is 1. The van der Waals surface area contributed by atoms with Gasteiger partial charge in [-0.15, -0.1) is 5.06 Å². The molecule has 1 aliphatic heterocycles. The molecular formula is C15H17N3O5. The van der Waals surface area contributed by atoms with E-state index < -0.39 is 29.2 Å². The lowest BCUT2D eigenvalue weighted by Gasteiger charge is -2.28. The normalized spacial score (nSPS) is 16.9. The number of pyridine rings is 1. The summed E-state index contributed by atoms with van der Waals surface area (Å²) in [5, 5.41) is 3.02. The molecule has 0 saturated carbocycles. The second-order valence-electron chi connectivity index (χ2n) is 5.34.